The maximum Gasteiger partial charge on any atom is 0.262 e. The number of carbonyl (C=O) groups is 1. The Kier molecular flexibility index (Phi) is 5.78. The van der Waals surface area contributed by atoms with Gasteiger partial charge in [-0.05, 0) is 60.4 Å². The Hall–Kier alpha value is -2.03. The number of fused-ring (bicyclic) bond motifs is 1. The van der Waals surface area contributed by atoms with Crippen molar-refractivity contribution in [2.24, 2.45) is 11.3 Å². The first-order chi connectivity index (χ1) is 12.8. The van der Waals surface area contributed by atoms with Crippen LogP contribution >= 0.6 is 22.9 Å². The number of hydrogen-bond acceptors (Lipinski definition) is 4. The Bertz CT molecular complexity index is 875. The lowest BCUT2D eigenvalue weighted by Gasteiger charge is -2.33. The van der Waals surface area contributed by atoms with Crippen LogP contribution in [0.2, 0.25) is 5.02 Å². The van der Waals surface area contributed by atoms with E-state index < -0.39 is 0 Å². The van der Waals surface area contributed by atoms with Crippen LogP contribution in [0.3, 0.4) is 0 Å². The molecule has 142 valence electrons. The Morgan fingerprint density at radius 2 is 2.07 bits per heavy atom. The third-order valence-corrected chi connectivity index (χ3v) is 6.46. The number of hydrogen-bond donors (Lipinski definition) is 1. The van der Waals surface area contributed by atoms with Crippen LogP contribution in [0.1, 0.15) is 43.2 Å². The molecular weight excluding hydrogens is 380 g/mol. The lowest BCUT2D eigenvalue weighted by atomic mass is 9.72. The van der Waals surface area contributed by atoms with E-state index >= 15 is 0 Å². The average molecular weight is 403 g/mol. The van der Waals surface area contributed by atoms with Crippen molar-refractivity contribution in [3.8, 4) is 11.8 Å². The normalized spacial score (nSPS) is 16.3. The van der Waals surface area contributed by atoms with Gasteiger partial charge in [0.1, 0.15) is 16.8 Å². The fourth-order valence-corrected chi connectivity index (χ4v) is 4.79. The van der Waals surface area contributed by atoms with Crippen LogP contribution in [0.25, 0.3) is 0 Å². The summed E-state index contributed by atoms with van der Waals surface area (Å²) in [6, 6.07) is 9.13. The van der Waals surface area contributed by atoms with Gasteiger partial charge in [-0.25, -0.2) is 0 Å². The van der Waals surface area contributed by atoms with Crippen molar-refractivity contribution in [2.45, 2.75) is 40.0 Å². The van der Waals surface area contributed by atoms with Crippen LogP contribution in [-0.4, -0.2) is 12.5 Å². The Balaban J connectivity index is 1.68. The van der Waals surface area contributed by atoms with E-state index in [1.165, 1.54) is 16.2 Å². The molecule has 0 aliphatic heterocycles. The number of carbonyl (C=O) groups excluding carboxylic acids is 1. The van der Waals surface area contributed by atoms with E-state index in [2.05, 4.69) is 32.2 Å². The first-order valence-corrected chi connectivity index (χ1v) is 10.2. The van der Waals surface area contributed by atoms with Crippen molar-refractivity contribution in [2.75, 3.05) is 11.9 Å². The number of ether oxygens (including phenoxy) is 1. The first-order valence-electron chi connectivity index (χ1n) is 9.00. The molecule has 4 nitrogen and oxygen atoms in total. The molecule has 1 atom stereocenters. The fraction of sp³-hybridized carbons (Fsp3) is 0.429. The fourth-order valence-electron chi connectivity index (χ4n) is 3.37. The number of benzene rings is 1. The highest BCUT2D eigenvalue weighted by Gasteiger charge is 2.32. The number of nitrogens with one attached hydrogen (secondary N) is 1. The Labute approximate surface area is 169 Å². The number of halogens is 1. The minimum absolute atomic E-state index is 0.111. The molecule has 0 unspecified atom stereocenters. The second-order valence-corrected chi connectivity index (χ2v) is 9.46. The van der Waals surface area contributed by atoms with Crippen molar-refractivity contribution < 1.29 is 9.53 Å². The van der Waals surface area contributed by atoms with Gasteiger partial charge in [0.2, 0.25) is 0 Å². The molecule has 1 aromatic carbocycles. The van der Waals surface area contributed by atoms with Crippen LogP contribution in [0.4, 0.5) is 5.00 Å². The van der Waals surface area contributed by atoms with Gasteiger partial charge in [-0.1, -0.05) is 32.4 Å². The lowest BCUT2D eigenvalue weighted by Crippen LogP contribution is -2.26. The molecule has 1 N–H and O–H groups in total. The van der Waals surface area contributed by atoms with Crippen LogP contribution in [0.15, 0.2) is 24.3 Å². The summed E-state index contributed by atoms with van der Waals surface area (Å²) in [6.07, 6.45) is 2.94. The molecular formula is C21H23ClN2O2S. The number of rotatable bonds is 4. The van der Waals surface area contributed by atoms with Crippen LogP contribution < -0.4 is 10.1 Å². The highest BCUT2D eigenvalue weighted by atomic mass is 35.5. The molecule has 27 heavy (non-hydrogen) atoms. The summed E-state index contributed by atoms with van der Waals surface area (Å²) >= 11 is 7.37. The van der Waals surface area contributed by atoms with Crippen molar-refractivity contribution >= 4 is 33.8 Å². The minimum Gasteiger partial charge on any atom is -0.484 e. The predicted octanol–water partition coefficient (Wildman–Crippen LogP) is 5.44. The summed E-state index contributed by atoms with van der Waals surface area (Å²) in [4.78, 5) is 13.5. The van der Waals surface area contributed by atoms with E-state index in [-0.39, 0.29) is 17.9 Å². The van der Waals surface area contributed by atoms with Gasteiger partial charge in [0.25, 0.3) is 5.91 Å². The number of nitriles is 1. The van der Waals surface area contributed by atoms with Gasteiger partial charge in [0.15, 0.2) is 6.61 Å². The number of amides is 1. The largest absolute Gasteiger partial charge is 0.484 e. The highest BCUT2D eigenvalue weighted by Crippen LogP contribution is 2.43. The molecule has 1 heterocycles. The molecule has 6 heteroatoms. The maximum absolute atomic E-state index is 12.3. The molecule has 1 amide bonds. The van der Waals surface area contributed by atoms with Crippen molar-refractivity contribution in [1.29, 1.82) is 5.26 Å². The summed E-state index contributed by atoms with van der Waals surface area (Å²) in [5.41, 5.74) is 1.96. The van der Waals surface area contributed by atoms with Crippen molar-refractivity contribution in [3.05, 3.63) is 45.3 Å². The van der Waals surface area contributed by atoms with Gasteiger partial charge in [0, 0.05) is 9.90 Å². The summed E-state index contributed by atoms with van der Waals surface area (Å²) in [5, 5.41) is 13.7. The van der Waals surface area contributed by atoms with Crippen LogP contribution in [-0.2, 0) is 17.6 Å². The average Bonchev–Trinajstić information content (AvgIpc) is 2.96. The third kappa shape index (κ3) is 4.63. The smallest absolute Gasteiger partial charge is 0.262 e. The van der Waals surface area contributed by atoms with Gasteiger partial charge in [-0.3, -0.25) is 4.79 Å². The summed E-state index contributed by atoms with van der Waals surface area (Å²) in [5.74, 6) is 0.896. The molecule has 1 aliphatic carbocycles. The Morgan fingerprint density at radius 1 is 1.37 bits per heavy atom. The van der Waals surface area contributed by atoms with Crippen LogP contribution in [0.5, 0.6) is 5.75 Å². The van der Waals surface area contributed by atoms with E-state index in [0.29, 0.717) is 27.3 Å². The molecule has 0 spiro atoms. The van der Waals surface area contributed by atoms with Gasteiger partial charge < -0.3 is 10.1 Å². The zero-order chi connectivity index (χ0) is 19.6. The van der Waals surface area contributed by atoms with Crippen molar-refractivity contribution in [1.82, 2.24) is 0 Å². The number of thiophene rings is 1. The summed E-state index contributed by atoms with van der Waals surface area (Å²) in [6.45, 7) is 6.68. The zero-order valence-electron chi connectivity index (χ0n) is 15.8. The molecule has 0 fully saturated rings. The Morgan fingerprint density at radius 3 is 2.70 bits per heavy atom. The zero-order valence-corrected chi connectivity index (χ0v) is 17.3. The maximum atomic E-state index is 12.3. The van der Waals surface area contributed by atoms with Crippen molar-refractivity contribution in [3.63, 3.8) is 0 Å². The minimum atomic E-state index is -0.271. The van der Waals surface area contributed by atoms with E-state index in [1.54, 1.807) is 24.3 Å². The third-order valence-electron chi connectivity index (χ3n) is 5.04. The quantitative estimate of drug-likeness (QED) is 0.740. The van der Waals surface area contributed by atoms with Gasteiger partial charge in [0.05, 0.1) is 5.56 Å². The van der Waals surface area contributed by atoms with E-state index in [9.17, 15) is 10.1 Å². The monoisotopic (exact) mass is 402 g/mol. The van der Waals surface area contributed by atoms with Gasteiger partial charge >= 0.3 is 0 Å². The summed E-state index contributed by atoms with van der Waals surface area (Å²) in [7, 11) is 0. The molecule has 3 rings (SSSR count). The predicted molar refractivity (Wildman–Crippen MR) is 110 cm³/mol. The van der Waals surface area contributed by atoms with E-state index in [1.807, 2.05) is 0 Å². The van der Waals surface area contributed by atoms with Crippen LogP contribution in [0, 0.1) is 22.7 Å². The standard InChI is InChI=1S/C21H23ClN2O2S/c1-21(2,3)13-4-9-16-17(11-23)20(27-18(16)10-13)24-19(25)12-26-15-7-5-14(22)6-8-15/h5-8,13H,4,9-10,12H2,1-3H3,(H,24,25)/t13-/m0/s1. The molecule has 1 aromatic heterocycles. The number of nitrogens with zero attached hydrogens (tertiary/aromatic N) is 1. The molecule has 0 saturated carbocycles. The SMILES string of the molecule is CC(C)(C)[C@H]1CCc2c(sc(NC(=O)COc3ccc(Cl)cc3)c2C#N)C1. The molecule has 2 aromatic rings. The molecule has 0 saturated heterocycles. The lowest BCUT2D eigenvalue weighted by molar-refractivity contribution is -0.118. The van der Waals surface area contributed by atoms with E-state index in [0.717, 1.165) is 24.8 Å². The highest BCUT2D eigenvalue weighted by molar-refractivity contribution is 7.16. The molecule has 0 bridgehead atoms. The second kappa shape index (κ2) is 7.92. The molecule has 0 radical (unpaired) electrons. The van der Waals surface area contributed by atoms with Gasteiger partial charge in [-0.15, -0.1) is 11.3 Å². The number of anilines is 1. The van der Waals surface area contributed by atoms with Gasteiger partial charge in [-0.2, -0.15) is 5.26 Å². The summed E-state index contributed by atoms with van der Waals surface area (Å²) < 4.78 is 5.48. The first kappa shape index (κ1) is 19.7. The topological polar surface area (TPSA) is 62.1 Å². The molecule has 1 aliphatic rings. The second-order valence-electron chi connectivity index (χ2n) is 7.92. The van der Waals surface area contributed by atoms with E-state index in [4.69, 9.17) is 16.3 Å².